The average Bonchev–Trinajstić information content (AvgIpc) is 3.11. The van der Waals surface area contributed by atoms with Crippen LogP contribution in [-0.2, 0) is 4.74 Å². The number of hydrogen-bond donors (Lipinski definition) is 1. The van der Waals surface area contributed by atoms with E-state index in [1.807, 2.05) is 0 Å². The Kier molecular flexibility index (Phi) is 5.05. The second-order valence-corrected chi connectivity index (χ2v) is 6.39. The Bertz CT molecular complexity index is 255. The Labute approximate surface area is 112 Å². The van der Waals surface area contributed by atoms with Gasteiger partial charge in [0.15, 0.2) is 0 Å². The Morgan fingerprint density at radius 1 is 1.28 bits per heavy atom. The SMILES string of the molecule is CCC1CCC(CN)(N(C)CCOCC2CC2)C1. The summed E-state index contributed by atoms with van der Waals surface area (Å²) in [5, 5.41) is 0. The molecule has 3 nitrogen and oxygen atoms in total. The van der Waals surface area contributed by atoms with Crippen molar-refractivity contribution in [3.8, 4) is 0 Å². The van der Waals surface area contributed by atoms with Crippen molar-refractivity contribution < 1.29 is 4.74 Å². The van der Waals surface area contributed by atoms with Crippen molar-refractivity contribution in [2.75, 3.05) is 33.4 Å². The van der Waals surface area contributed by atoms with Crippen LogP contribution in [-0.4, -0.2) is 43.8 Å². The van der Waals surface area contributed by atoms with E-state index < -0.39 is 0 Å². The highest BCUT2D eigenvalue weighted by molar-refractivity contribution is 4.97. The molecule has 0 aromatic carbocycles. The van der Waals surface area contributed by atoms with Gasteiger partial charge in [-0.25, -0.2) is 0 Å². The molecule has 2 saturated carbocycles. The van der Waals surface area contributed by atoms with Gasteiger partial charge in [0.05, 0.1) is 6.61 Å². The van der Waals surface area contributed by atoms with Crippen molar-refractivity contribution in [3.63, 3.8) is 0 Å². The molecular formula is C15H30N2O. The van der Waals surface area contributed by atoms with E-state index in [1.165, 1.54) is 38.5 Å². The lowest BCUT2D eigenvalue weighted by molar-refractivity contribution is 0.0594. The van der Waals surface area contributed by atoms with Crippen LogP contribution in [0.2, 0.25) is 0 Å². The molecule has 2 fully saturated rings. The van der Waals surface area contributed by atoms with Gasteiger partial charge in [0.25, 0.3) is 0 Å². The largest absolute Gasteiger partial charge is 0.380 e. The molecule has 0 heterocycles. The summed E-state index contributed by atoms with van der Waals surface area (Å²) in [6.45, 7) is 5.96. The minimum atomic E-state index is 0.254. The van der Waals surface area contributed by atoms with Crippen molar-refractivity contribution in [3.05, 3.63) is 0 Å². The van der Waals surface area contributed by atoms with Crippen LogP contribution >= 0.6 is 0 Å². The predicted octanol–water partition coefficient (Wildman–Crippen LogP) is 2.25. The van der Waals surface area contributed by atoms with Crippen LogP contribution < -0.4 is 5.73 Å². The molecule has 2 N–H and O–H groups in total. The first-order valence-corrected chi connectivity index (χ1v) is 7.69. The molecule has 0 amide bonds. The summed E-state index contributed by atoms with van der Waals surface area (Å²) in [7, 11) is 2.23. The maximum absolute atomic E-state index is 6.07. The van der Waals surface area contributed by atoms with Crippen molar-refractivity contribution in [1.82, 2.24) is 4.90 Å². The molecule has 2 aliphatic rings. The molecule has 3 heteroatoms. The fraction of sp³-hybridized carbons (Fsp3) is 1.00. The number of rotatable bonds is 8. The highest BCUT2D eigenvalue weighted by atomic mass is 16.5. The van der Waals surface area contributed by atoms with E-state index in [4.69, 9.17) is 10.5 Å². The molecule has 2 rings (SSSR count). The molecule has 106 valence electrons. The van der Waals surface area contributed by atoms with E-state index in [9.17, 15) is 0 Å². The summed E-state index contributed by atoms with van der Waals surface area (Å²) in [6, 6.07) is 0. The predicted molar refractivity (Wildman–Crippen MR) is 75.6 cm³/mol. The second-order valence-electron chi connectivity index (χ2n) is 6.39. The van der Waals surface area contributed by atoms with E-state index in [0.29, 0.717) is 0 Å². The van der Waals surface area contributed by atoms with Crippen LogP contribution in [0.5, 0.6) is 0 Å². The van der Waals surface area contributed by atoms with E-state index in [2.05, 4.69) is 18.9 Å². The number of hydrogen-bond acceptors (Lipinski definition) is 3. The van der Waals surface area contributed by atoms with Crippen molar-refractivity contribution >= 4 is 0 Å². The summed E-state index contributed by atoms with van der Waals surface area (Å²) < 4.78 is 5.75. The van der Waals surface area contributed by atoms with Crippen LogP contribution in [0.25, 0.3) is 0 Å². The van der Waals surface area contributed by atoms with Gasteiger partial charge in [0, 0.05) is 25.2 Å². The Morgan fingerprint density at radius 2 is 2.06 bits per heavy atom. The lowest BCUT2D eigenvalue weighted by Crippen LogP contribution is -2.51. The van der Waals surface area contributed by atoms with E-state index in [-0.39, 0.29) is 5.54 Å². The molecule has 0 radical (unpaired) electrons. The second kappa shape index (κ2) is 6.36. The molecule has 0 aromatic heterocycles. The maximum Gasteiger partial charge on any atom is 0.0593 e. The zero-order chi connectivity index (χ0) is 13.0. The van der Waals surface area contributed by atoms with Gasteiger partial charge in [-0.3, -0.25) is 4.90 Å². The molecule has 18 heavy (non-hydrogen) atoms. The Hall–Kier alpha value is -0.120. The Morgan fingerprint density at radius 3 is 2.61 bits per heavy atom. The van der Waals surface area contributed by atoms with Crippen LogP contribution in [0, 0.1) is 11.8 Å². The van der Waals surface area contributed by atoms with Gasteiger partial charge in [-0.1, -0.05) is 13.3 Å². The highest BCUT2D eigenvalue weighted by Gasteiger charge is 2.40. The molecule has 2 unspecified atom stereocenters. The summed E-state index contributed by atoms with van der Waals surface area (Å²) in [5.74, 6) is 1.75. The first kappa shape index (κ1) is 14.3. The number of likely N-dealkylation sites (N-methyl/N-ethyl adjacent to an activating group) is 1. The summed E-state index contributed by atoms with van der Waals surface area (Å²) in [5.41, 5.74) is 6.32. The fourth-order valence-electron chi connectivity index (χ4n) is 3.22. The van der Waals surface area contributed by atoms with Crippen molar-refractivity contribution in [2.24, 2.45) is 17.6 Å². The van der Waals surface area contributed by atoms with Crippen LogP contribution in [0.1, 0.15) is 45.4 Å². The molecule has 0 aliphatic heterocycles. The summed E-state index contributed by atoms with van der Waals surface area (Å²) in [6.07, 6.45) is 7.94. The lowest BCUT2D eigenvalue weighted by atomic mass is 9.93. The fourth-order valence-corrected chi connectivity index (χ4v) is 3.22. The normalized spacial score (nSPS) is 32.3. The quantitative estimate of drug-likeness (QED) is 0.675. The molecular weight excluding hydrogens is 224 g/mol. The minimum Gasteiger partial charge on any atom is -0.380 e. The average molecular weight is 254 g/mol. The van der Waals surface area contributed by atoms with Gasteiger partial charge in [-0.15, -0.1) is 0 Å². The summed E-state index contributed by atoms with van der Waals surface area (Å²) >= 11 is 0. The standard InChI is InChI=1S/C15H30N2O/c1-3-13-6-7-15(10-13,12-16)17(2)8-9-18-11-14-4-5-14/h13-14H,3-12,16H2,1-2H3. The number of nitrogens with two attached hydrogens (primary N) is 1. The van der Waals surface area contributed by atoms with Gasteiger partial charge in [0.1, 0.15) is 0 Å². The van der Waals surface area contributed by atoms with Gasteiger partial charge in [0.2, 0.25) is 0 Å². The first-order valence-electron chi connectivity index (χ1n) is 7.69. The van der Waals surface area contributed by atoms with Gasteiger partial charge < -0.3 is 10.5 Å². The zero-order valence-electron chi connectivity index (χ0n) is 12.2. The number of ether oxygens (including phenoxy) is 1. The van der Waals surface area contributed by atoms with Gasteiger partial charge in [-0.2, -0.15) is 0 Å². The van der Waals surface area contributed by atoms with Gasteiger partial charge >= 0.3 is 0 Å². The van der Waals surface area contributed by atoms with Gasteiger partial charge in [-0.05, 0) is 51.0 Å². The van der Waals surface area contributed by atoms with Crippen molar-refractivity contribution in [1.29, 1.82) is 0 Å². The van der Waals surface area contributed by atoms with E-state index in [0.717, 1.165) is 38.1 Å². The third kappa shape index (κ3) is 3.46. The van der Waals surface area contributed by atoms with Crippen LogP contribution in [0.15, 0.2) is 0 Å². The third-order valence-electron chi connectivity index (χ3n) is 5.08. The highest BCUT2D eigenvalue weighted by Crippen LogP contribution is 2.39. The molecule has 0 spiro atoms. The van der Waals surface area contributed by atoms with Crippen LogP contribution in [0.3, 0.4) is 0 Å². The maximum atomic E-state index is 6.07. The third-order valence-corrected chi connectivity index (χ3v) is 5.08. The first-order chi connectivity index (χ1) is 8.70. The lowest BCUT2D eigenvalue weighted by Gasteiger charge is -2.38. The zero-order valence-corrected chi connectivity index (χ0v) is 12.2. The Balaban J connectivity index is 1.72. The molecule has 0 aromatic rings. The minimum absolute atomic E-state index is 0.254. The van der Waals surface area contributed by atoms with Crippen LogP contribution in [0.4, 0.5) is 0 Å². The molecule has 0 saturated heterocycles. The molecule has 2 atom stereocenters. The number of nitrogens with zero attached hydrogens (tertiary/aromatic N) is 1. The topological polar surface area (TPSA) is 38.5 Å². The monoisotopic (exact) mass is 254 g/mol. The molecule has 2 aliphatic carbocycles. The summed E-state index contributed by atoms with van der Waals surface area (Å²) in [4.78, 5) is 2.47. The van der Waals surface area contributed by atoms with Crippen molar-refractivity contribution in [2.45, 2.75) is 51.0 Å². The molecule has 0 bridgehead atoms. The smallest absolute Gasteiger partial charge is 0.0593 e. The van der Waals surface area contributed by atoms with E-state index in [1.54, 1.807) is 0 Å². The van der Waals surface area contributed by atoms with E-state index >= 15 is 0 Å².